The molecule has 1 aliphatic heterocycles. The summed E-state index contributed by atoms with van der Waals surface area (Å²) in [5, 5.41) is 5.31. The molecule has 5 nitrogen and oxygen atoms in total. The molecule has 0 spiro atoms. The molecule has 0 atom stereocenters. The maximum atomic E-state index is 12.5. The molecule has 0 unspecified atom stereocenters. The molecular formula is C20H19N3O2. The van der Waals surface area contributed by atoms with Gasteiger partial charge in [0, 0.05) is 34.9 Å². The van der Waals surface area contributed by atoms with Crippen molar-refractivity contribution in [1.29, 1.82) is 0 Å². The van der Waals surface area contributed by atoms with E-state index in [1.807, 2.05) is 41.0 Å². The van der Waals surface area contributed by atoms with Gasteiger partial charge >= 0.3 is 0 Å². The second-order valence-corrected chi connectivity index (χ2v) is 6.33. The second kappa shape index (κ2) is 6.09. The fourth-order valence-electron chi connectivity index (χ4n) is 3.47. The third kappa shape index (κ3) is 2.67. The minimum absolute atomic E-state index is 0.0180. The summed E-state index contributed by atoms with van der Waals surface area (Å²) in [7, 11) is 0. The number of nitrogens with zero attached hydrogens (tertiary/aromatic N) is 2. The predicted octanol–water partition coefficient (Wildman–Crippen LogP) is 2.31. The van der Waals surface area contributed by atoms with Crippen LogP contribution < -0.4 is 5.32 Å². The summed E-state index contributed by atoms with van der Waals surface area (Å²) in [6.07, 6.45) is 1.30. The fraction of sp³-hybridized carbons (Fsp3) is 0.200. The van der Waals surface area contributed by atoms with E-state index in [0.29, 0.717) is 13.1 Å². The second-order valence-electron chi connectivity index (χ2n) is 6.33. The molecule has 0 saturated carbocycles. The van der Waals surface area contributed by atoms with E-state index in [-0.39, 0.29) is 24.4 Å². The van der Waals surface area contributed by atoms with Crippen molar-refractivity contribution in [1.82, 2.24) is 14.8 Å². The summed E-state index contributed by atoms with van der Waals surface area (Å²) in [6, 6.07) is 16.3. The lowest BCUT2D eigenvalue weighted by molar-refractivity contribution is -0.133. The molecule has 2 amide bonds. The Labute approximate surface area is 145 Å². The van der Waals surface area contributed by atoms with Crippen molar-refractivity contribution in [2.45, 2.75) is 12.6 Å². The maximum absolute atomic E-state index is 12.5. The van der Waals surface area contributed by atoms with Crippen LogP contribution in [0.2, 0.25) is 0 Å². The highest BCUT2D eigenvalue weighted by molar-refractivity contribution is 6.08. The van der Waals surface area contributed by atoms with Crippen LogP contribution in [-0.4, -0.2) is 40.4 Å². The molecular weight excluding hydrogens is 314 g/mol. The maximum Gasteiger partial charge on any atom is 0.246 e. The van der Waals surface area contributed by atoms with E-state index in [0.717, 1.165) is 21.8 Å². The van der Waals surface area contributed by atoms with E-state index in [9.17, 15) is 9.59 Å². The first-order chi connectivity index (χ1) is 12.2. The molecule has 0 aliphatic carbocycles. The highest BCUT2D eigenvalue weighted by Gasteiger charge is 2.30. The number of benzene rings is 2. The molecule has 2 aromatic carbocycles. The average Bonchev–Trinajstić information content (AvgIpc) is 2.92. The summed E-state index contributed by atoms with van der Waals surface area (Å²) < 4.78 is 2.05. The van der Waals surface area contributed by atoms with E-state index >= 15 is 0 Å². The van der Waals surface area contributed by atoms with Gasteiger partial charge < -0.3 is 14.8 Å². The molecule has 3 aromatic rings. The predicted molar refractivity (Wildman–Crippen MR) is 98.2 cm³/mol. The SMILES string of the molecule is C=CC(=O)N1CC(NC(=O)Cn2c3ccccc3c3ccccc32)C1. The highest BCUT2D eigenvalue weighted by Crippen LogP contribution is 2.28. The summed E-state index contributed by atoms with van der Waals surface area (Å²) >= 11 is 0. The van der Waals surface area contributed by atoms with Crippen molar-refractivity contribution in [3.8, 4) is 0 Å². The molecule has 0 radical (unpaired) electrons. The van der Waals surface area contributed by atoms with Crippen molar-refractivity contribution < 1.29 is 9.59 Å². The van der Waals surface area contributed by atoms with Gasteiger partial charge in [0.25, 0.3) is 0 Å². The van der Waals surface area contributed by atoms with Gasteiger partial charge in [-0.3, -0.25) is 9.59 Å². The van der Waals surface area contributed by atoms with E-state index in [1.54, 1.807) is 4.90 Å². The lowest BCUT2D eigenvalue weighted by atomic mass is 10.1. The quantitative estimate of drug-likeness (QED) is 0.745. The first kappa shape index (κ1) is 15.4. The Morgan fingerprint density at radius 1 is 1.04 bits per heavy atom. The Hall–Kier alpha value is -3.08. The Morgan fingerprint density at radius 3 is 2.16 bits per heavy atom. The minimum Gasteiger partial charge on any atom is -0.348 e. The number of hydrogen-bond acceptors (Lipinski definition) is 2. The van der Waals surface area contributed by atoms with E-state index in [4.69, 9.17) is 0 Å². The molecule has 1 aliphatic rings. The summed E-state index contributed by atoms with van der Waals surface area (Å²) in [4.78, 5) is 25.6. The number of para-hydroxylation sites is 2. The fourth-order valence-corrected chi connectivity index (χ4v) is 3.47. The lowest BCUT2D eigenvalue weighted by Crippen LogP contribution is -2.61. The molecule has 25 heavy (non-hydrogen) atoms. The molecule has 2 heterocycles. The van der Waals surface area contributed by atoms with Crippen LogP contribution in [0.4, 0.5) is 0 Å². The standard InChI is InChI=1S/C20H19N3O2/c1-2-20(25)22-11-14(12-22)21-19(24)13-23-17-9-5-3-7-15(17)16-8-4-6-10-18(16)23/h2-10,14H,1,11-13H2,(H,21,24). The van der Waals surface area contributed by atoms with Crippen molar-refractivity contribution >= 4 is 33.6 Å². The number of likely N-dealkylation sites (tertiary alicyclic amines) is 1. The largest absolute Gasteiger partial charge is 0.348 e. The first-order valence-corrected chi connectivity index (χ1v) is 8.34. The lowest BCUT2D eigenvalue weighted by Gasteiger charge is -2.38. The summed E-state index contributed by atoms with van der Waals surface area (Å²) in [5.74, 6) is -0.130. The summed E-state index contributed by atoms with van der Waals surface area (Å²) in [6.45, 7) is 4.83. The average molecular weight is 333 g/mol. The van der Waals surface area contributed by atoms with Gasteiger partial charge in [-0.15, -0.1) is 0 Å². The molecule has 126 valence electrons. The normalized spacial score (nSPS) is 14.5. The topological polar surface area (TPSA) is 54.3 Å². The Balaban J connectivity index is 1.53. The Kier molecular flexibility index (Phi) is 3.76. The number of aromatic nitrogens is 1. The number of carbonyl (C=O) groups excluding carboxylic acids is 2. The molecule has 0 bridgehead atoms. The number of hydrogen-bond donors (Lipinski definition) is 1. The van der Waals surface area contributed by atoms with Gasteiger partial charge in [0.2, 0.25) is 11.8 Å². The van der Waals surface area contributed by atoms with Gasteiger partial charge in [0.1, 0.15) is 6.54 Å². The Morgan fingerprint density at radius 2 is 1.60 bits per heavy atom. The van der Waals surface area contributed by atoms with Gasteiger partial charge in [0.15, 0.2) is 0 Å². The van der Waals surface area contributed by atoms with Crippen LogP contribution in [0.15, 0.2) is 61.2 Å². The van der Waals surface area contributed by atoms with Crippen LogP contribution in [0.1, 0.15) is 0 Å². The van der Waals surface area contributed by atoms with Crippen LogP contribution in [0.5, 0.6) is 0 Å². The third-order valence-corrected chi connectivity index (χ3v) is 4.71. The van der Waals surface area contributed by atoms with Crippen LogP contribution in [0.25, 0.3) is 21.8 Å². The van der Waals surface area contributed by atoms with Gasteiger partial charge in [-0.05, 0) is 18.2 Å². The molecule has 5 heteroatoms. The van der Waals surface area contributed by atoms with Crippen LogP contribution >= 0.6 is 0 Å². The van der Waals surface area contributed by atoms with Crippen molar-refractivity contribution in [2.75, 3.05) is 13.1 Å². The van der Waals surface area contributed by atoms with Crippen LogP contribution in [0, 0.1) is 0 Å². The van der Waals surface area contributed by atoms with E-state index in [2.05, 4.69) is 24.0 Å². The van der Waals surface area contributed by atoms with Crippen molar-refractivity contribution in [3.63, 3.8) is 0 Å². The van der Waals surface area contributed by atoms with E-state index < -0.39 is 0 Å². The number of amides is 2. The highest BCUT2D eigenvalue weighted by atomic mass is 16.2. The van der Waals surface area contributed by atoms with Gasteiger partial charge in [0.05, 0.1) is 6.04 Å². The summed E-state index contributed by atoms with van der Waals surface area (Å²) in [5.41, 5.74) is 2.10. The van der Waals surface area contributed by atoms with E-state index in [1.165, 1.54) is 6.08 Å². The molecule has 1 aromatic heterocycles. The van der Waals surface area contributed by atoms with Gasteiger partial charge in [-0.1, -0.05) is 43.0 Å². The number of rotatable bonds is 4. The Bertz CT molecular complexity index is 930. The van der Waals surface area contributed by atoms with Crippen LogP contribution in [0.3, 0.4) is 0 Å². The zero-order valence-corrected chi connectivity index (χ0v) is 13.8. The number of nitrogens with one attached hydrogen (secondary N) is 1. The van der Waals surface area contributed by atoms with Gasteiger partial charge in [-0.2, -0.15) is 0 Å². The minimum atomic E-state index is -0.0899. The zero-order chi connectivity index (χ0) is 17.4. The molecule has 1 saturated heterocycles. The monoisotopic (exact) mass is 333 g/mol. The first-order valence-electron chi connectivity index (χ1n) is 8.34. The van der Waals surface area contributed by atoms with Crippen molar-refractivity contribution in [2.24, 2.45) is 0 Å². The molecule has 1 fully saturated rings. The molecule has 4 rings (SSSR count). The molecule has 1 N–H and O–H groups in total. The third-order valence-electron chi connectivity index (χ3n) is 4.71. The zero-order valence-electron chi connectivity index (χ0n) is 13.8. The number of carbonyl (C=O) groups is 2. The smallest absolute Gasteiger partial charge is 0.246 e. The van der Waals surface area contributed by atoms with Crippen LogP contribution in [-0.2, 0) is 16.1 Å². The number of fused-ring (bicyclic) bond motifs is 3. The van der Waals surface area contributed by atoms with Gasteiger partial charge in [-0.25, -0.2) is 0 Å². The van der Waals surface area contributed by atoms with Crippen molar-refractivity contribution in [3.05, 3.63) is 61.2 Å².